The number of hydrogen-bond donors (Lipinski definition) is 0. The second-order valence-electron chi connectivity index (χ2n) is 3.54. The number of amides is 1. The van der Waals surface area contributed by atoms with Crippen molar-refractivity contribution in [1.29, 1.82) is 0 Å². The van der Waals surface area contributed by atoms with E-state index >= 15 is 0 Å². The van der Waals surface area contributed by atoms with Crippen LogP contribution in [0.3, 0.4) is 0 Å². The van der Waals surface area contributed by atoms with Crippen molar-refractivity contribution in [3.63, 3.8) is 0 Å². The number of carbonyl (C=O) groups excluding carboxylic acids is 1. The molecule has 1 rings (SSSR count). The summed E-state index contributed by atoms with van der Waals surface area (Å²) < 4.78 is 3.35. The first kappa shape index (κ1) is 12.7. The standard InChI is InChI=1S/C9H13Br2N3O/c1-5-7(10)8(11)14(12-5)6(2)9(15)13(3)4/h6H,1-4H3/t6-/m1/s1. The van der Waals surface area contributed by atoms with Gasteiger partial charge in [-0.15, -0.1) is 0 Å². The molecule has 0 aliphatic heterocycles. The predicted molar refractivity (Wildman–Crippen MR) is 65.8 cm³/mol. The van der Waals surface area contributed by atoms with E-state index in [4.69, 9.17) is 0 Å². The van der Waals surface area contributed by atoms with Gasteiger partial charge in [-0.1, -0.05) is 0 Å². The van der Waals surface area contributed by atoms with Crippen molar-refractivity contribution < 1.29 is 4.79 Å². The summed E-state index contributed by atoms with van der Waals surface area (Å²) in [6.07, 6.45) is 0. The summed E-state index contributed by atoms with van der Waals surface area (Å²) in [7, 11) is 3.47. The number of rotatable bonds is 2. The van der Waals surface area contributed by atoms with Crippen molar-refractivity contribution in [2.45, 2.75) is 19.9 Å². The lowest BCUT2D eigenvalue weighted by Crippen LogP contribution is -2.30. The van der Waals surface area contributed by atoms with E-state index in [2.05, 4.69) is 37.0 Å². The molecule has 0 saturated carbocycles. The zero-order valence-electron chi connectivity index (χ0n) is 9.08. The maximum absolute atomic E-state index is 11.7. The van der Waals surface area contributed by atoms with E-state index in [1.54, 1.807) is 23.7 Å². The molecular weight excluding hydrogens is 326 g/mol. The smallest absolute Gasteiger partial charge is 0.246 e. The topological polar surface area (TPSA) is 38.1 Å². The Morgan fingerprint density at radius 1 is 1.47 bits per heavy atom. The monoisotopic (exact) mass is 337 g/mol. The fourth-order valence-corrected chi connectivity index (χ4v) is 2.17. The van der Waals surface area contributed by atoms with Gasteiger partial charge in [0, 0.05) is 14.1 Å². The maximum atomic E-state index is 11.7. The van der Waals surface area contributed by atoms with Crippen molar-refractivity contribution in [2.24, 2.45) is 0 Å². The Morgan fingerprint density at radius 2 is 2.00 bits per heavy atom. The second-order valence-corrected chi connectivity index (χ2v) is 5.09. The van der Waals surface area contributed by atoms with E-state index in [9.17, 15) is 4.79 Å². The first-order valence-corrected chi connectivity index (χ1v) is 6.06. The minimum Gasteiger partial charge on any atom is -0.347 e. The van der Waals surface area contributed by atoms with Gasteiger partial charge in [0.05, 0.1) is 10.2 Å². The number of carbonyl (C=O) groups is 1. The first-order valence-electron chi connectivity index (χ1n) is 4.47. The van der Waals surface area contributed by atoms with E-state index in [0.29, 0.717) is 0 Å². The van der Waals surface area contributed by atoms with Gasteiger partial charge in [0.1, 0.15) is 10.6 Å². The van der Waals surface area contributed by atoms with Crippen molar-refractivity contribution in [3.05, 3.63) is 14.8 Å². The Balaban J connectivity index is 3.06. The molecule has 1 aromatic heterocycles. The van der Waals surface area contributed by atoms with Crippen LogP contribution in [-0.4, -0.2) is 34.7 Å². The molecular formula is C9H13Br2N3O. The van der Waals surface area contributed by atoms with Gasteiger partial charge in [-0.2, -0.15) is 5.10 Å². The summed E-state index contributed by atoms with van der Waals surface area (Å²) in [4.78, 5) is 13.3. The molecule has 0 unspecified atom stereocenters. The second kappa shape index (κ2) is 4.65. The third-order valence-electron chi connectivity index (χ3n) is 2.12. The van der Waals surface area contributed by atoms with Crippen LogP contribution in [0, 0.1) is 6.92 Å². The van der Waals surface area contributed by atoms with Crippen molar-refractivity contribution in [3.8, 4) is 0 Å². The number of aromatic nitrogens is 2. The predicted octanol–water partition coefficient (Wildman–Crippen LogP) is 2.37. The van der Waals surface area contributed by atoms with Gasteiger partial charge in [-0.3, -0.25) is 4.79 Å². The summed E-state index contributed by atoms with van der Waals surface area (Å²) in [6, 6.07) is -0.306. The minimum absolute atomic E-state index is 0.0192. The maximum Gasteiger partial charge on any atom is 0.246 e. The Morgan fingerprint density at radius 3 is 2.33 bits per heavy atom. The quantitative estimate of drug-likeness (QED) is 0.830. The van der Waals surface area contributed by atoms with Crippen LogP contribution in [-0.2, 0) is 4.79 Å². The van der Waals surface area contributed by atoms with Gasteiger partial charge in [0.15, 0.2) is 0 Å². The summed E-state index contributed by atoms with van der Waals surface area (Å²) >= 11 is 6.80. The largest absolute Gasteiger partial charge is 0.347 e. The number of nitrogens with zero attached hydrogens (tertiary/aromatic N) is 3. The summed E-state index contributed by atoms with van der Waals surface area (Å²) in [5, 5.41) is 4.29. The fourth-order valence-electron chi connectivity index (χ4n) is 1.23. The molecule has 6 heteroatoms. The number of halogens is 2. The van der Waals surface area contributed by atoms with Gasteiger partial charge in [-0.05, 0) is 45.7 Å². The van der Waals surface area contributed by atoms with Crippen LogP contribution in [0.15, 0.2) is 9.08 Å². The van der Waals surface area contributed by atoms with E-state index in [1.165, 1.54) is 0 Å². The molecule has 0 bridgehead atoms. The van der Waals surface area contributed by atoms with Crippen molar-refractivity contribution in [2.75, 3.05) is 14.1 Å². The van der Waals surface area contributed by atoms with Crippen LogP contribution in [0.5, 0.6) is 0 Å². The molecule has 0 aromatic carbocycles. The number of likely N-dealkylation sites (N-methyl/N-ethyl adjacent to an activating group) is 1. The zero-order valence-corrected chi connectivity index (χ0v) is 12.3. The van der Waals surface area contributed by atoms with Gasteiger partial charge < -0.3 is 4.90 Å². The van der Waals surface area contributed by atoms with Crippen LogP contribution in [0.1, 0.15) is 18.7 Å². The first-order chi connectivity index (χ1) is 6.86. The normalized spacial score (nSPS) is 12.7. The molecule has 0 N–H and O–H groups in total. The lowest BCUT2D eigenvalue weighted by Gasteiger charge is -2.17. The average Bonchev–Trinajstić information content (AvgIpc) is 2.43. The Bertz CT molecular complexity index is 387. The van der Waals surface area contributed by atoms with Gasteiger partial charge in [0.25, 0.3) is 0 Å². The highest BCUT2D eigenvalue weighted by molar-refractivity contribution is 9.13. The molecule has 1 amide bonds. The molecule has 0 radical (unpaired) electrons. The lowest BCUT2D eigenvalue weighted by atomic mass is 10.3. The average molecular weight is 339 g/mol. The molecule has 1 aromatic rings. The summed E-state index contributed by atoms with van der Waals surface area (Å²) in [6.45, 7) is 3.71. The molecule has 15 heavy (non-hydrogen) atoms. The van der Waals surface area contributed by atoms with Gasteiger partial charge in [-0.25, -0.2) is 4.68 Å². The summed E-state index contributed by atoms with van der Waals surface area (Å²) in [5.41, 5.74) is 0.861. The van der Waals surface area contributed by atoms with Crippen molar-refractivity contribution >= 4 is 37.8 Å². The van der Waals surface area contributed by atoms with Crippen LogP contribution in [0.25, 0.3) is 0 Å². The van der Waals surface area contributed by atoms with Gasteiger partial charge >= 0.3 is 0 Å². The Kier molecular flexibility index (Phi) is 3.94. The van der Waals surface area contributed by atoms with Crippen LogP contribution in [0.4, 0.5) is 0 Å². The van der Waals surface area contributed by atoms with Crippen molar-refractivity contribution in [1.82, 2.24) is 14.7 Å². The molecule has 0 spiro atoms. The van der Waals surface area contributed by atoms with E-state index in [-0.39, 0.29) is 11.9 Å². The molecule has 0 saturated heterocycles. The SMILES string of the molecule is Cc1nn([C@H](C)C(=O)N(C)C)c(Br)c1Br. The Labute approximate surface area is 106 Å². The molecule has 0 fully saturated rings. The molecule has 84 valence electrons. The van der Waals surface area contributed by atoms with E-state index in [0.717, 1.165) is 14.8 Å². The molecule has 4 nitrogen and oxygen atoms in total. The van der Waals surface area contributed by atoms with Crippen LogP contribution < -0.4 is 0 Å². The van der Waals surface area contributed by atoms with Gasteiger partial charge in [0.2, 0.25) is 5.91 Å². The highest BCUT2D eigenvalue weighted by Crippen LogP contribution is 2.28. The number of hydrogen-bond acceptors (Lipinski definition) is 2. The third kappa shape index (κ3) is 2.42. The van der Waals surface area contributed by atoms with E-state index in [1.807, 2.05) is 13.8 Å². The van der Waals surface area contributed by atoms with E-state index < -0.39 is 0 Å². The highest BCUT2D eigenvalue weighted by atomic mass is 79.9. The molecule has 1 heterocycles. The number of aryl methyl sites for hydroxylation is 1. The molecule has 1 atom stereocenters. The fraction of sp³-hybridized carbons (Fsp3) is 0.556. The van der Waals surface area contributed by atoms with Crippen LogP contribution in [0.2, 0.25) is 0 Å². The zero-order chi connectivity index (χ0) is 11.7. The van der Waals surface area contributed by atoms with Crippen LogP contribution >= 0.6 is 31.9 Å². The third-order valence-corrected chi connectivity index (χ3v) is 4.36. The lowest BCUT2D eigenvalue weighted by molar-refractivity contribution is -0.132. The summed E-state index contributed by atoms with van der Waals surface area (Å²) in [5.74, 6) is 0.0192. The molecule has 0 aliphatic rings. The highest BCUT2D eigenvalue weighted by Gasteiger charge is 2.22. The molecule has 0 aliphatic carbocycles. The Hall–Kier alpha value is -0.360. The minimum atomic E-state index is -0.306.